The molecule has 2 aromatic rings. The maximum Gasteiger partial charge on any atom is 0.269 e. The Balaban J connectivity index is 1.91. The molecule has 0 aromatic heterocycles. The number of nitrogens with zero attached hydrogens (tertiary/aromatic N) is 1. The zero-order valence-corrected chi connectivity index (χ0v) is 12.8. The van der Waals surface area contributed by atoms with Crippen molar-refractivity contribution in [3.8, 4) is 5.75 Å². The van der Waals surface area contributed by atoms with Crippen LogP contribution in [0, 0.1) is 10.1 Å². The molecule has 2 rings (SSSR count). The van der Waals surface area contributed by atoms with E-state index >= 15 is 0 Å². The van der Waals surface area contributed by atoms with Gasteiger partial charge in [-0.2, -0.15) is 0 Å². The molecule has 0 aliphatic carbocycles. The summed E-state index contributed by atoms with van der Waals surface area (Å²) in [6.07, 6.45) is 0. The van der Waals surface area contributed by atoms with E-state index in [1.807, 2.05) is 0 Å². The van der Waals surface area contributed by atoms with Crippen LogP contribution < -0.4 is 15.4 Å². The normalized spacial score (nSPS) is 9.88. The highest BCUT2D eigenvalue weighted by atomic mass is 16.6. The first-order valence-electron chi connectivity index (χ1n) is 6.99. The molecule has 0 saturated heterocycles. The van der Waals surface area contributed by atoms with Crippen molar-refractivity contribution in [1.82, 2.24) is 5.32 Å². The van der Waals surface area contributed by atoms with Gasteiger partial charge in [-0.25, -0.2) is 0 Å². The molecule has 0 aliphatic heterocycles. The lowest BCUT2D eigenvalue weighted by molar-refractivity contribution is -0.384. The molecule has 0 fully saturated rings. The van der Waals surface area contributed by atoms with Crippen molar-refractivity contribution in [2.24, 2.45) is 0 Å². The van der Waals surface area contributed by atoms with Gasteiger partial charge in [-0.05, 0) is 30.3 Å². The van der Waals surface area contributed by atoms with Gasteiger partial charge in [0, 0.05) is 30.4 Å². The van der Waals surface area contributed by atoms with Crippen LogP contribution in [0.3, 0.4) is 0 Å². The van der Waals surface area contributed by atoms with E-state index < -0.39 is 10.8 Å². The van der Waals surface area contributed by atoms with Crippen LogP contribution in [-0.2, 0) is 4.79 Å². The van der Waals surface area contributed by atoms with E-state index in [9.17, 15) is 19.7 Å². The number of hydrogen-bond acceptors (Lipinski definition) is 5. The van der Waals surface area contributed by atoms with Crippen molar-refractivity contribution in [1.29, 1.82) is 0 Å². The molecular weight excluding hydrogens is 314 g/mol. The second-order valence-electron chi connectivity index (χ2n) is 4.75. The SMILES string of the molecule is CNC(=O)c1cccc(NC(=O)COc2ccc([N+](=O)[O-])cc2)c1. The Morgan fingerprint density at radius 3 is 2.50 bits per heavy atom. The molecule has 2 amide bonds. The van der Waals surface area contributed by atoms with Crippen LogP contribution in [0.1, 0.15) is 10.4 Å². The number of rotatable bonds is 6. The molecule has 0 spiro atoms. The van der Waals surface area contributed by atoms with Crippen LogP contribution >= 0.6 is 0 Å². The third kappa shape index (κ3) is 4.54. The number of carbonyl (C=O) groups is 2. The third-order valence-electron chi connectivity index (χ3n) is 3.05. The lowest BCUT2D eigenvalue weighted by Crippen LogP contribution is -2.21. The molecular formula is C16H15N3O5. The molecule has 0 radical (unpaired) electrons. The highest BCUT2D eigenvalue weighted by Crippen LogP contribution is 2.17. The quantitative estimate of drug-likeness (QED) is 0.622. The van der Waals surface area contributed by atoms with Gasteiger partial charge in [0.05, 0.1) is 4.92 Å². The largest absolute Gasteiger partial charge is 0.484 e. The van der Waals surface area contributed by atoms with Gasteiger partial charge in [0.2, 0.25) is 0 Å². The summed E-state index contributed by atoms with van der Waals surface area (Å²) in [6.45, 7) is -0.262. The number of nitro benzene ring substituents is 1. The summed E-state index contributed by atoms with van der Waals surface area (Å²) in [5.41, 5.74) is 0.831. The number of nitrogens with one attached hydrogen (secondary N) is 2. The van der Waals surface area contributed by atoms with Gasteiger partial charge in [0.25, 0.3) is 17.5 Å². The summed E-state index contributed by atoms with van der Waals surface area (Å²) in [6, 6.07) is 11.9. The van der Waals surface area contributed by atoms with Gasteiger partial charge in [-0.15, -0.1) is 0 Å². The van der Waals surface area contributed by atoms with Gasteiger partial charge >= 0.3 is 0 Å². The van der Waals surface area contributed by atoms with E-state index in [1.165, 1.54) is 31.3 Å². The van der Waals surface area contributed by atoms with Gasteiger partial charge < -0.3 is 15.4 Å². The molecule has 2 aromatic carbocycles. The standard InChI is InChI=1S/C16H15N3O5/c1-17-16(21)11-3-2-4-12(9-11)18-15(20)10-24-14-7-5-13(6-8-14)19(22)23/h2-9H,10H2,1H3,(H,17,21)(H,18,20). The van der Waals surface area contributed by atoms with Crippen molar-refractivity contribution >= 4 is 23.2 Å². The fraction of sp³-hybridized carbons (Fsp3) is 0.125. The minimum Gasteiger partial charge on any atom is -0.484 e. The fourth-order valence-electron chi connectivity index (χ4n) is 1.89. The van der Waals surface area contributed by atoms with Crippen molar-refractivity contribution in [2.45, 2.75) is 0 Å². The summed E-state index contributed by atoms with van der Waals surface area (Å²) in [5, 5.41) is 15.7. The van der Waals surface area contributed by atoms with Crippen LogP contribution in [0.5, 0.6) is 5.75 Å². The molecule has 8 nitrogen and oxygen atoms in total. The van der Waals surface area contributed by atoms with E-state index in [1.54, 1.807) is 24.3 Å². The molecule has 24 heavy (non-hydrogen) atoms. The Morgan fingerprint density at radius 2 is 1.88 bits per heavy atom. The third-order valence-corrected chi connectivity index (χ3v) is 3.05. The number of hydrogen-bond donors (Lipinski definition) is 2. The number of non-ortho nitro benzene ring substituents is 1. The van der Waals surface area contributed by atoms with Crippen LogP contribution in [0.4, 0.5) is 11.4 Å². The molecule has 0 bridgehead atoms. The van der Waals surface area contributed by atoms with Crippen molar-refractivity contribution in [3.05, 3.63) is 64.2 Å². The minimum absolute atomic E-state index is 0.0576. The maximum absolute atomic E-state index is 11.9. The Bertz CT molecular complexity index is 759. The predicted molar refractivity (Wildman–Crippen MR) is 87.1 cm³/mol. The second kappa shape index (κ2) is 7.73. The topological polar surface area (TPSA) is 111 Å². The molecule has 0 heterocycles. The lowest BCUT2D eigenvalue weighted by atomic mass is 10.2. The number of ether oxygens (including phenoxy) is 1. The summed E-state index contributed by atoms with van der Waals surface area (Å²) in [7, 11) is 1.52. The highest BCUT2D eigenvalue weighted by Gasteiger charge is 2.08. The first kappa shape index (κ1) is 16.9. The molecule has 2 N–H and O–H groups in total. The predicted octanol–water partition coefficient (Wildman–Crippen LogP) is 1.97. The first-order chi connectivity index (χ1) is 11.5. The van der Waals surface area contributed by atoms with E-state index in [0.717, 1.165) is 0 Å². The fourth-order valence-corrected chi connectivity index (χ4v) is 1.89. The summed E-state index contributed by atoms with van der Waals surface area (Å²) >= 11 is 0. The number of nitro groups is 1. The van der Waals surface area contributed by atoms with Crippen LogP contribution in [0.25, 0.3) is 0 Å². The Kier molecular flexibility index (Phi) is 5.45. The smallest absolute Gasteiger partial charge is 0.269 e. The molecule has 124 valence electrons. The number of amides is 2. The van der Waals surface area contributed by atoms with Crippen molar-refractivity contribution in [2.75, 3.05) is 19.0 Å². The van der Waals surface area contributed by atoms with Crippen LogP contribution in [0.2, 0.25) is 0 Å². The maximum atomic E-state index is 11.9. The lowest BCUT2D eigenvalue weighted by Gasteiger charge is -2.08. The highest BCUT2D eigenvalue weighted by molar-refractivity contribution is 5.97. The van der Waals surface area contributed by atoms with E-state index in [4.69, 9.17) is 4.74 Å². The Morgan fingerprint density at radius 1 is 1.17 bits per heavy atom. The molecule has 0 unspecified atom stereocenters. The van der Waals surface area contributed by atoms with Crippen LogP contribution in [0.15, 0.2) is 48.5 Å². The molecule has 0 saturated carbocycles. The molecule has 0 atom stereocenters. The van der Waals surface area contributed by atoms with Crippen molar-refractivity contribution < 1.29 is 19.2 Å². The van der Waals surface area contributed by atoms with E-state index in [2.05, 4.69) is 10.6 Å². The average Bonchev–Trinajstić information content (AvgIpc) is 2.59. The monoisotopic (exact) mass is 329 g/mol. The molecule has 8 heteroatoms. The second-order valence-corrected chi connectivity index (χ2v) is 4.75. The first-order valence-corrected chi connectivity index (χ1v) is 6.99. The Hall–Kier alpha value is -3.42. The number of benzene rings is 2. The summed E-state index contributed by atoms with van der Waals surface area (Å²) < 4.78 is 5.26. The van der Waals surface area contributed by atoms with Crippen molar-refractivity contribution in [3.63, 3.8) is 0 Å². The Labute approximate surface area is 137 Å². The molecule has 0 aliphatic rings. The van der Waals surface area contributed by atoms with Gasteiger partial charge in [0.1, 0.15) is 5.75 Å². The summed E-state index contributed by atoms with van der Waals surface area (Å²) in [4.78, 5) is 33.4. The van der Waals surface area contributed by atoms with E-state index in [-0.39, 0.29) is 18.2 Å². The number of anilines is 1. The zero-order chi connectivity index (χ0) is 17.5. The van der Waals surface area contributed by atoms with Crippen LogP contribution in [-0.4, -0.2) is 30.4 Å². The summed E-state index contributed by atoms with van der Waals surface area (Å²) in [5.74, 6) is -0.328. The van der Waals surface area contributed by atoms with Gasteiger partial charge in [-0.1, -0.05) is 6.07 Å². The zero-order valence-electron chi connectivity index (χ0n) is 12.8. The number of carbonyl (C=O) groups excluding carboxylic acids is 2. The average molecular weight is 329 g/mol. The van der Waals surface area contributed by atoms with E-state index in [0.29, 0.717) is 17.0 Å². The van der Waals surface area contributed by atoms with Gasteiger partial charge in [0.15, 0.2) is 6.61 Å². The van der Waals surface area contributed by atoms with Gasteiger partial charge in [-0.3, -0.25) is 19.7 Å². The minimum atomic E-state index is -0.518.